The molecule has 1 amide bonds. The number of piperazine rings is 1. The van der Waals surface area contributed by atoms with E-state index in [0.29, 0.717) is 11.6 Å². The third-order valence-corrected chi connectivity index (χ3v) is 4.87. The van der Waals surface area contributed by atoms with Crippen molar-refractivity contribution < 1.29 is 14.7 Å². The molecule has 2 saturated heterocycles. The maximum Gasteiger partial charge on any atom is 0.327 e. The van der Waals surface area contributed by atoms with E-state index in [1.54, 1.807) is 0 Å². The Morgan fingerprint density at radius 3 is 2.53 bits per heavy atom. The predicted octanol–water partition coefficient (Wildman–Crippen LogP) is -0.344. The number of rotatable bonds is 3. The summed E-state index contributed by atoms with van der Waals surface area (Å²) >= 11 is 1.50. The SMILES string of the molecule is CC(C)(C(=O)N1CSC[C@H]1C(=O)O)N1CCNCC1. The van der Waals surface area contributed by atoms with Gasteiger partial charge >= 0.3 is 5.97 Å². The van der Waals surface area contributed by atoms with E-state index in [2.05, 4.69) is 10.2 Å². The van der Waals surface area contributed by atoms with Crippen LogP contribution in [0.1, 0.15) is 13.8 Å². The van der Waals surface area contributed by atoms with Crippen LogP contribution < -0.4 is 5.32 Å². The lowest BCUT2D eigenvalue weighted by atomic mass is 9.99. The molecule has 2 heterocycles. The fraction of sp³-hybridized carbons (Fsp3) is 0.833. The van der Waals surface area contributed by atoms with Crippen LogP contribution in [0.5, 0.6) is 0 Å². The van der Waals surface area contributed by atoms with Gasteiger partial charge in [0.25, 0.3) is 0 Å². The van der Waals surface area contributed by atoms with Crippen molar-refractivity contribution in [3.63, 3.8) is 0 Å². The number of carbonyl (C=O) groups is 2. The zero-order chi connectivity index (χ0) is 14.0. The molecule has 108 valence electrons. The molecule has 0 aromatic heterocycles. The molecule has 2 N–H and O–H groups in total. The Morgan fingerprint density at radius 2 is 1.95 bits per heavy atom. The first kappa shape index (κ1) is 14.6. The van der Waals surface area contributed by atoms with Crippen molar-refractivity contribution in [2.24, 2.45) is 0 Å². The second-order valence-electron chi connectivity index (χ2n) is 5.42. The number of carbonyl (C=O) groups excluding carboxylic acids is 1. The maximum atomic E-state index is 12.7. The van der Waals surface area contributed by atoms with Crippen LogP contribution in [-0.4, -0.2) is 76.2 Å². The summed E-state index contributed by atoms with van der Waals surface area (Å²) in [5, 5.41) is 12.4. The molecule has 0 radical (unpaired) electrons. The lowest BCUT2D eigenvalue weighted by Gasteiger charge is -2.42. The van der Waals surface area contributed by atoms with Crippen molar-refractivity contribution in [3.05, 3.63) is 0 Å². The minimum Gasteiger partial charge on any atom is -0.480 e. The predicted molar refractivity (Wildman–Crippen MR) is 74.1 cm³/mol. The Bertz CT molecular complexity index is 369. The Kier molecular flexibility index (Phi) is 4.37. The van der Waals surface area contributed by atoms with Gasteiger partial charge in [-0.05, 0) is 13.8 Å². The third-order valence-electron chi connectivity index (χ3n) is 3.86. The van der Waals surface area contributed by atoms with E-state index in [9.17, 15) is 14.7 Å². The van der Waals surface area contributed by atoms with Gasteiger partial charge in [0.05, 0.1) is 11.4 Å². The zero-order valence-electron chi connectivity index (χ0n) is 11.4. The fourth-order valence-corrected chi connectivity index (χ4v) is 3.70. The number of nitrogens with zero attached hydrogens (tertiary/aromatic N) is 2. The summed E-state index contributed by atoms with van der Waals surface area (Å²) < 4.78 is 0. The van der Waals surface area contributed by atoms with E-state index >= 15 is 0 Å². The second kappa shape index (κ2) is 5.68. The van der Waals surface area contributed by atoms with Gasteiger partial charge in [-0.25, -0.2) is 4.79 Å². The van der Waals surface area contributed by atoms with Crippen LogP contribution in [0.15, 0.2) is 0 Å². The quantitative estimate of drug-likeness (QED) is 0.740. The van der Waals surface area contributed by atoms with Crippen molar-refractivity contribution in [2.75, 3.05) is 37.8 Å². The summed E-state index contributed by atoms with van der Waals surface area (Å²) in [4.78, 5) is 27.5. The molecular weight excluding hydrogens is 266 g/mol. The largest absolute Gasteiger partial charge is 0.480 e. The molecule has 0 spiro atoms. The molecule has 2 rings (SSSR count). The van der Waals surface area contributed by atoms with Crippen molar-refractivity contribution >= 4 is 23.6 Å². The maximum absolute atomic E-state index is 12.7. The molecule has 2 fully saturated rings. The molecule has 19 heavy (non-hydrogen) atoms. The number of aliphatic carboxylic acids is 1. The summed E-state index contributed by atoms with van der Waals surface area (Å²) in [6.45, 7) is 7.15. The van der Waals surface area contributed by atoms with Crippen molar-refractivity contribution in [2.45, 2.75) is 25.4 Å². The molecule has 0 unspecified atom stereocenters. The van der Waals surface area contributed by atoms with Crippen LogP contribution in [0, 0.1) is 0 Å². The summed E-state index contributed by atoms with van der Waals surface area (Å²) in [6.07, 6.45) is 0. The first-order chi connectivity index (χ1) is 8.94. The first-order valence-electron chi connectivity index (χ1n) is 6.52. The highest BCUT2D eigenvalue weighted by atomic mass is 32.2. The molecule has 0 saturated carbocycles. The van der Waals surface area contributed by atoms with Gasteiger partial charge in [0.1, 0.15) is 6.04 Å². The topological polar surface area (TPSA) is 72.9 Å². The number of carboxylic acids is 1. The van der Waals surface area contributed by atoms with Gasteiger partial charge in [-0.2, -0.15) is 0 Å². The van der Waals surface area contributed by atoms with Crippen LogP contribution in [0.25, 0.3) is 0 Å². The zero-order valence-corrected chi connectivity index (χ0v) is 12.2. The molecule has 0 bridgehead atoms. The smallest absolute Gasteiger partial charge is 0.327 e. The van der Waals surface area contributed by atoms with Gasteiger partial charge < -0.3 is 15.3 Å². The van der Waals surface area contributed by atoms with Crippen molar-refractivity contribution in [1.82, 2.24) is 15.1 Å². The lowest BCUT2D eigenvalue weighted by Crippen LogP contribution is -2.61. The minimum absolute atomic E-state index is 0.0770. The van der Waals surface area contributed by atoms with E-state index in [-0.39, 0.29) is 5.91 Å². The molecule has 6 nitrogen and oxygen atoms in total. The fourth-order valence-electron chi connectivity index (χ4n) is 2.56. The van der Waals surface area contributed by atoms with E-state index in [0.717, 1.165) is 26.2 Å². The first-order valence-corrected chi connectivity index (χ1v) is 7.67. The highest BCUT2D eigenvalue weighted by molar-refractivity contribution is 7.99. The van der Waals surface area contributed by atoms with Gasteiger partial charge in [0.15, 0.2) is 0 Å². The van der Waals surface area contributed by atoms with Crippen LogP contribution in [0.4, 0.5) is 0 Å². The van der Waals surface area contributed by atoms with Crippen molar-refractivity contribution in [3.8, 4) is 0 Å². The molecule has 0 aliphatic carbocycles. The van der Waals surface area contributed by atoms with Gasteiger partial charge in [-0.1, -0.05) is 0 Å². The van der Waals surface area contributed by atoms with E-state index in [1.165, 1.54) is 16.7 Å². The number of nitrogens with one attached hydrogen (secondary N) is 1. The third kappa shape index (κ3) is 2.88. The van der Waals surface area contributed by atoms with Gasteiger partial charge in [-0.3, -0.25) is 9.69 Å². The highest BCUT2D eigenvalue weighted by Gasteiger charge is 2.44. The molecular formula is C12H21N3O3S. The molecule has 2 aliphatic heterocycles. The monoisotopic (exact) mass is 287 g/mol. The molecule has 0 aromatic carbocycles. The Morgan fingerprint density at radius 1 is 1.32 bits per heavy atom. The van der Waals surface area contributed by atoms with E-state index in [1.807, 2.05) is 13.8 Å². The standard InChI is InChI=1S/C12H21N3O3S/c1-12(2,14-5-3-13-4-6-14)11(18)15-8-19-7-9(15)10(16)17/h9,13H,3-8H2,1-2H3,(H,16,17)/t9-/m0/s1. The van der Waals surface area contributed by atoms with Gasteiger partial charge in [0, 0.05) is 31.9 Å². The molecule has 1 atom stereocenters. The highest BCUT2D eigenvalue weighted by Crippen LogP contribution is 2.27. The van der Waals surface area contributed by atoms with Crippen LogP contribution in [-0.2, 0) is 9.59 Å². The number of carboxylic acid groups (broad SMARTS) is 1. The molecule has 2 aliphatic rings. The lowest BCUT2D eigenvalue weighted by molar-refractivity contribution is -0.153. The number of hydrogen-bond acceptors (Lipinski definition) is 5. The average molecular weight is 287 g/mol. The van der Waals surface area contributed by atoms with Gasteiger partial charge in [0.2, 0.25) is 5.91 Å². The number of hydrogen-bond donors (Lipinski definition) is 2. The molecule has 7 heteroatoms. The Labute approximate surface area is 117 Å². The normalized spacial score (nSPS) is 25.6. The van der Waals surface area contributed by atoms with E-state index < -0.39 is 17.6 Å². The Hall–Kier alpha value is -0.790. The Balaban J connectivity index is 2.10. The summed E-state index contributed by atoms with van der Waals surface area (Å²) in [7, 11) is 0. The second-order valence-corrected chi connectivity index (χ2v) is 6.42. The van der Waals surface area contributed by atoms with Crippen LogP contribution in [0.3, 0.4) is 0 Å². The average Bonchev–Trinajstić information content (AvgIpc) is 2.88. The van der Waals surface area contributed by atoms with Crippen molar-refractivity contribution in [1.29, 1.82) is 0 Å². The van der Waals surface area contributed by atoms with E-state index in [4.69, 9.17) is 0 Å². The van der Waals surface area contributed by atoms with Crippen LogP contribution >= 0.6 is 11.8 Å². The number of amides is 1. The summed E-state index contributed by atoms with van der Waals surface area (Å²) in [5.74, 6) is -0.0226. The van der Waals surface area contributed by atoms with Gasteiger partial charge in [-0.15, -0.1) is 11.8 Å². The summed E-state index contributed by atoms with van der Waals surface area (Å²) in [6, 6.07) is -0.681. The van der Waals surface area contributed by atoms with Crippen LogP contribution in [0.2, 0.25) is 0 Å². The molecule has 0 aromatic rings. The summed E-state index contributed by atoms with van der Waals surface area (Å²) in [5.41, 5.74) is -0.638. The minimum atomic E-state index is -0.908. The number of thioether (sulfide) groups is 1.